The number of rotatable bonds is 5. The summed E-state index contributed by atoms with van der Waals surface area (Å²) in [5.41, 5.74) is 0. The number of nitrogens with zero attached hydrogens (tertiary/aromatic N) is 1. The van der Waals surface area contributed by atoms with E-state index in [1.807, 2.05) is 0 Å². The van der Waals surface area contributed by atoms with Crippen molar-refractivity contribution in [2.45, 2.75) is 18.3 Å². The quantitative estimate of drug-likeness (QED) is 0.707. The molecule has 0 aliphatic carbocycles. The lowest BCUT2D eigenvalue weighted by Crippen LogP contribution is -2.46. The Hall–Kier alpha value is -0.310. The van der Waals surface area contributed by atoms with Gasteiger partial charge in [-0.1, -0.05) is 15.9 Å². The van der Waals surface area contributed by atoms with Gasteiger partial charge in [0.25, 0.3) is 0 Å². The van der Waals surface area contributed by atoms with Gasteiger partial charge < -0.3 is 4.90 Å². The van der Waals surface area contributed by atoms with Gasteiger partial charge in [-0.25, -0.2) is 8.42 Å². The standard InChI is InChI=1S/C8H13BrF3NO3S/c1-6(17(2,15)16)7(14)13(4-3-9)5-8(10,11)12/h6H,3-5H2,1-2H3. The molecule has 1 unspecified atom stereocenters. The summed E-state index contributed by atoms with van der Waals surface area (Å²) < 4.78 is 58.8. The van der Waals surface area contributed by atoms with E-state index in [-0.39, 0.29) is 11.9 Å². The predicted molar refractivity (Wildman–Crippen MR) is 60.7 cm³/mol. The van der Waals surface area contributed by atoms with E-state index in [2.05, 4.69) is 15.9 Å². The van der Waals surface area contributed by atoms with Crippen LogP contribution in [0.2, 0.25) is 0 Å². The number of carbonyl (C=O) groups is 1. The van der Waals surface area contributed by atoms with Crippen molar-refractivity contribution in [2.75, 3.05) is 24.7 Å². The highest BCUT2D eigenvalue weighted by Gasteiger charge is 2.36. The van der Waals surface area contributed by atoms with Crippen LogP contribution >= 0.6 is 15.9 Å². The molecule has 0 aromatic rings. The van der Waals surface area contributed by atoms with Crippen molar-refractivity contribution in [2.24, 2.45) is 0 Å². The Morgan fingerprint density at radius 1 is 1.41 bits per heavy atom. The Morgan fingerprint density at radius 2 is 1.88 bits per heavy atom. The topological polar surface area (TPSA) is 54.5 Å². The van der Waals surface area contributed by atoms with Crippen LogP contribution in [0.25, 0.3) is 0 Å². The Kier molecular flexibility index (Phi) is 5.92. The fraction of sp³-hybridized carbons (Fsp3) is 0.875. The average molecular weight is 340 g/mol. The summed E-state index contributed by atoms with van der Waals surface area (Å²) in [6.45, 7) is -0.565. The highest BCUT2D eigenvalue weighted by molar-refractivity contribution is 9.09. The normalized spacial score (nSPS) is 14.5. The van der Waals surface area contributed by atoms with E-state index in [4.69, 9.17) is 0 Å². The summed E-state index contributed by atoms with van der Waals surface area (Å²) in [4.78, 5) is 12.1. The van der Waals surface area contributed by atoms with Gasteiger partial charge in [-0.2, -0.15) is 13.2 Å². The predicted octanol–water partition coefficient (Wildman–Crippen LogP) is 1.21. The maximum atomic E-state index is 12.2. The molecule has 0 aliphatic heterocycles. The number of alkyl halides is 4. The molecule has 0 heterocycles. The number of hydrogen-bond acceptors (Lipinski definition) is 3. The minimum atomic E-state index is -4.55. The van der Waals surface area contributed by atoms with Crippen molar-refractivity contribution in [3.8, 4) is 0 Å². The first-order valence-electron chi connectivity index (χ1n) is 4.59. The van der Waals surface area contributed by atoms with Gasteiger partial charge >= 0.3 is 6.18 Å². The van der Waals surface area contributed by atoms with E-state index in [1.54, 1.807) is 0 Å². The molecular formula is C8H13BrF3NO3S. The second-order valence-corrected chi connectivity index (χ2v) is 6.69. The largest absolute Gasteiger partial charge is 0.406 e. The molecule has 0 saturated heterocycles. The van der Waals surface area contributed by atoms with Crippen LogP contribution in [-0.2, 0) is 14.6 Å². The zero-order valence-corrected chi connectivity index (χ0v) is 11.7. The number of amides is 1. The third-order valence-corrected chi connectivity index (χ3v) is 3.87. The van der Waals surface area contributed by atoms with E-state index >= 15 is 0 Å². The van der Waals surface area contributed by atoms with Gasteiger partial charge in [-0.15, -0.1) is 0 Å². The van der Waals surface area contributed by atoms with Gasteiger partial charge in [0, 0.05) is 18.1 Å². The molecule has 0 aromatic carbocycles. The van der Waals surface area contributed by atoms with Crippen molar-refractivity contribution in [1.29, 1.82) is 0 Å². The minimum absolute atomic E-state index is 0.144. The molecule has 0 fully saturated rings. The lowest BCUT2D eigenvalue weighted by atomic mass is 10.3. The smallest absolute Gasteiger partial charge is 0.332 e. The molecule has 102 valence electrons. The van der Waals surface area contributed by atoms with E-state index in [0.717, 1.165) is 13.2 Å². The summed E-state index contributed by atoms with van der Waals surface area (Å²) in [7, 11) is -3.69. The monoisotopic (exact) mass is 339 g/mol. The molecule has 0 N–H and O–H groups in total. The van der Waals surface area contributed by atoms with Crippen molar-refractivity contribution < 1.29 is 26.4 Å². The molecule has 0 bridgehead atoms. The van der Waals surface area contributed by atoms with Gasteiger partial charge in [0.05, 0.1) is 0 Å². The highest BCUT2D eigenvalue weighted by Crippen LogP contribution is 2.18. The summed E-state index contributed by atoms with van der Waals surface area (Å²) in [5, 5.41) is -1.32. The first-order valence-corrected chi connectivity index (χ1v) is 7.67. The molecule has 1 amide bonds. The van der Waals surface area contributed by atoms with E-state index in [9.17, 15) is 26.4 Å². The van der Waals surface area contributed by atoms with Gasteiger partial charge in [0.1, 0.15) is 11.8 Å². The van der Waals surface area contributed by atoms with Crippen LogP contribution in [0.4, 0.5) is 13.2 Å². The molecule has 0 spiro atoms. The van der Waals surface area contributed by atoms with Crippen LogP contribution < -0.4 is 0 Å². The SMILES string of the molecule is CC(C(=O)N(CCBr)CC(F)(F)F)S(C)(=O)=O. The van der Waals surface area contributed by atoms with Crippen molar-refractivity contribution in [3.63, 3.8) is 0 Å². The molecule has 0 rings (SSSR count). The number of halogens is 4. The van der Waals surface area contributed by atoms with Crippen molar-refractivity contribution >= 4 is 31.7 Å². The maximum absolute atomic E-state index is 12.2. The Balaban J connectivity index is 4.90. The number of sulfone groups is 1. The first kappa shape index (κ1) is 16.7. The van der Waals surface area contributed by atoms with Crippen LogP contribution in [0.15, 0.2) is 0 Å². The van der Waals surface area contributed by atoms with Crippen molar-refractivity contribution in [1.82, 2.24) is 4.90 Å². The minimum Gasteiger partial charge on any atom is -0.332 e. The second-order valence-electron chi connectivity index (χ2n) is 3.54. The van der Waals surface area contributed by atoms with Crippen LogP contribution in [0.1, 0.15) is 6.92 Å². The van der Waals surface area contributed by atoms with Crippen LogP contribution in [0.5, 0.6) is 0 Å². The second kappa shape index (κ2) is 6.03. The molecular weight excluding hydrogens is 327 g/mol. The van der Waals surface area contributed by atoms with E-state index in [0.29, 0.717) is 4.90 Å². The average Bonchev–Trinajstić information content (AvgIpc) is 2.11. The molecule has 0 radical (unpaired) electrons. The number of carbonyl (C=O) groups excluding carboxylic acids is 1. The Labute approximate surface area is 106 Å². The summed E-state index contributed by atoms with van der Waals surface area (Å²) in [6.07, 6.45) is -3.73. The van der Waals surface area contributed by atoms with Crippen LogP contribution in [0, 0.1) is 0 Å². The fourth-order valence-electron chi connectivity index (χ4n) is 1.03. The highest BCUT2D eigenvalue weighted by atomic mass is 79.9. The van der Waals surface area contributed by atoms with E-state index < -0.39 is 33.7 Å². The fourth-order valence-corrected chi connectivity index (χ4v) is 1.97. The lowest BCUT2D eigenvalue weighted by Gasteiger charge is -2.25. The molecule has 4 nitrogen and oxygen atoms in total. The Bertz CT molecular complexity index is 369. The summed E-state index contributed by atoms with van der Waals surface area (Å²) in [5.74, 6) is -1.04. The van der Waals surface area contributed by atoms with Gasteiger partial charge in [-0.3, -0.25) is 4.79 Å². The number of hydrogen-bond donors (Lipinski definition) is 0. The summed E-state index contributed by atoms with van der Waals surface area (Å²) in [6, 6.07) is 0. The zero-order valence-electron chi connectivity index (χ0n) is 9.29. The van der Waals surface area contributed by atoms with Gasteiger partial charge in [0.2, 0.25) is 5.91 Å². The first-order chi connectivity index (χ1) is 7.49. The third-order valence-electron chi connectivity index (χ3n) is 2.03. The molecule has 0 aromatic heterocycles. The zero-order chi connectivity index (χ0) is 13.9. The molecule has 17 heavy (non-hydrogen) atoms. The molecule has 9 heteroatoms. The van der Waals surface area contributed by atoms with Gasteiger partial charge in [-0.05, 0) is 6.92 Å². The third kappa shape index (κ3) is 6.25. The summed E-state index contributed by atoms with van der Waals surface area (Å²) >= 11 is 2.91. The molecule has 0 aliphatic rings. The van der Waals surface area contributed by atoms with Crippen LogP contribution in [-0.4, -0.2) is 55.3 Å². The van der Waals surface area contributed by atoms with E-state index in [1.165, 1.54) is 0 Å². The van der Waals surface area contributed by atoms with Gasteiger partial charge in [0.15, 0.2) is 9.84 Å². The maximum Gasteiger partial charge on any atom is 0.406 e. The molecule has 0 saturated carbocycles. The Morgan fingerprint density at radius 3 is 2.18 bits per heavy atom. The van der Waals surface area contributed by atoms with Crippen molar-refractivity contribution in [3.05, 3.63) is 0 Å². The lowest BCUT2D eigenvalue weighted by molar-refractivity contribution is -0.160. The molecule has 1 atom stereocenters. The van der Waals surface area contributed by atoms with Crippen LogP contribution in [0.3, 0.4) is 0 Å².